The first-order valence-corrected chi connectivity index (χ1v) is 4.13. The van der Waals surface area contributed by atoms with Crippen LogP contribution in [-0.2, 0) is 9.53 Å². The molecule has 1 heterocycles. The zero-order valence-corrected chi connectivity index (χ0v) is 7.41. The van der Waals surface area contributed by atoms with E-state index >= 15 is 0 Å². The van der Waals surface area contributed by atoms with E-state index in [-0.39, 0.29) is 17.9 Å². The molecule has 0 aromatic carbocycles. The number of hydrogen-bond donors (Lipinski definition) is 2. The standard InChI is InChI=1S/C8H15NO3/c1-5(12-2)6-3-9-4-7(6)8(10)11/h5-7,9H,3-4H2,1-2H3,(H,10,11). The summed E-state index contributed by atoms with van der Waals surface area (Å²) in [6, 6.07) is 0. The third kappa shape index (κ3) is 1.76. The first-order valence-electron chi connectivity index (χ1n) is 4.13. The Hall–Kier alpha value is -0.610. The minimum Gasteiger partial charge on any atom is -0.481 e. The Labute approximate surface area is 71.9 Å². The Bertz CT molecular complexity index is 172. The fourth-order valence-electron chi connectivity index (χ4n) is 1.64. The van der Waals surface area contributed by atoms with Gasteiger partial charge in [-0.1, -0.05) is 0 Å². The quantitative estimate of drug-likeness (QED) is 0.628. The smallest absolute Gasteiger partial charge is 0.308 e. The van der Waals surface area contributed by atoms with Crippen LogP contribution in [0.25, 0.3) is 0 Å². The highest BCUT2D eigenvalue weighted by Gasteiger charge is 2.36. The van der Waals surface area contributed by atoms with Crippen molar-refractivity contribution in [3.8, 4) is 0 Å². The molecule has 0 aromatic rings. The predicted octanol–water partition coefficient (Wildman–Crippen LogP) is -0.0585. The number of methoxy groups -OCH3 is 1. The maximum atomic E-state index is 10.7. The molecule has 70 valence electrons. The summed E-state index contributed by atoms with van der Waals surface area (Å²) in [6.07, 6.45) is 0.0149. The van der Waals surface area contributed by atoms with E-state index in [0.717, 1.165) is 6.54 Å². The van der Waals surface area contributed by atoms with Gasteiger partial charge in [0.05, 0.1) is 12.0 Å². The van der Waals surface area contributed by atoms with Crippen molar-refractivity contribution in [2.24, 2.45) is 11.8 Å². The molecule has 0 bridgehead atoms. The van der Waals surface area contributed by atoms with Crippen LogP contribution in [-0.4, -0.2) is 37.4 Å². The van der Waals surface area contributed by atoms with Gasteiger partial charge in [-0.2, -0.15) is 0 Å². The average molecular weight is 173 g/mol. The normalized spacial score (nSPS) is 31.8. The number of carbonyl (C=O) groups is 1. The van der Waals surface area contributed by atoms with Gasteiger partial charge >= 0.3 is 5.97 Å². The van der Waals surface area contributed by atoms with Crippen LogP contribution in [0.3, 0.4) is 0 Å². The molecule has 1 aliphatic heterocycles. The summed E-state index contributed by atoms with van der Waals surface area (Å²) in [6.45, 7) is 3.22. The van der Waals surface area contributed by atoms with E-state index in [1.807, 2.05) is 6.92 Å². The van der Waals surface area contributed by atoms with Crippen molar-refractivity contribution in [2.45, 2.75) is 13.0 Å². The van der Waals surface area contributed by atoms with Gasteiger partial charge in [0, 0.05) is 26.1 Å². The Morgan fingerprint density at radius 1 is 1.67 bits per heavy atom. The van der Waals surface area contributed by atoms with Crippen LogP contribution in [0, 0.1) is 11.8 Å². The molecule has 2 N–H and O–H groups in total. The number of hydrogen-bond acceptors (Lipinski definition) is 3. The second-order valence-corrected chi connectivity index (χ2v) is 3.21. The molecule has 0 amide bonds. The Morgan fingerprint density at radius 3 is 2.83 bits per heavy atom. The molecule has 1 saturated heterocycles. The van der Waals surface area contributed by atoms with E-state index in [0.29, 0.717) is 6.54 Å². The van der Waals surface area contributed by atoms with Crippen LogP contribution in [0.1, 0.15) is 6.92 Å². The molecule has 0 radical (unpaired) electrons. The molecule has 0 aromatic heterocycles. The van der Waals surface area contributed by atoms with Gasteiger partial charge in [-0.25, -0.2) is 0 Å². The lowest BCUT2D eigenvalue weighted by Crippen LogP contribution is -2.31. The van der Waals surface area contributed by atoms with Gasteiger partial charge in [0.15, 0.2) is 0 Å². The second kappa shape index (κ2) is 3.87. The highest BCUT2D eigenvalue weighted by Crippen LogP contribution is 2.21. The average Bonchev–Trinajstić information content (AvgIpc) is 2.50. The summed E-state index contributed by atoms with van der Waals surface area (Å²) in [5.74, 6) is -0.915. The molecule has 1 fully saturated rings. The van der Waals surface area contributed by atoms with E-state index < -0.39 is 5.97 Å². The third-order valence-electron chi connectivity index (χ3n) is 2.55. The van der Waals surface area contributed by atoms with Crippen LogP contribution in [0.5, 0.6) is 0 Å². The lowest BCUT2D eigenvalue weighted by molar-refractivity contribution is -0.143. The Kier molecular flexibility index (Phi) is 3.05. The van der Waals surface area contributed by atoms with Gasteiger partial charge in [0.1, 0.15) is 0 Å². The van der Waals surface area contributed by atoms with Crippen molar-refractivity contribution in [2.75, 3.05) is 20.2 Å². The lowest BCUT2D eigenvalue weighted by Gasteiger charge is -2.20. The van der Waals surface area contributed by atoms with E-state index in [2.05, 4.69) is 5.32 Å². The van der Waals surface area contributed by atoms with Crippen molar-refractivity contribution in [3.05, 3.63) is 0 Å². The molecule has 1 aliphatic rings. The van der Waals surface area contributed by atoms with Crippen molar-refractivity contribution >= 4 is 5.97 Å². The summed E-state index contributed by atoms with van der Waals surface area (Å²) >= 11 is 0. The predicted molar refractivity (Wildman–Crippen MR) is 44.0 cm³/mol. The molecule has 1 rings (SSSR count). The fraction of sp³-hybridized carbons (Fsp3) is 0.875. The zero-order valence-electron chi connectivity index (χ0n) is 7.41. The molecule has 3 unspecified atom stereocenters. The summed E-state index contributed by atoms with van der Waals surface area (Å²) in [5.41, 5.74) is 0. The first kappa shape index (κ1) is 9.48. The molecule has 12 heavy (non-hydrogen) atoms. The maximum absolute atomic E-state index is 10.7. The highest BCUT2D eigenvalue weighted by atomic mass is 16.5. The van der Waals surface area contributed by atoms with E-state index in [9.17, 15) is 4.79 Å². The minimum absolute atomic E-state index is 0.0149. The van der Waals surface area contributed by atoms with Crippen LogP contribution in [0.15, 0.2) is 0 Å². The van der Waals surface area contributed by atoms with Gasteiger partial charge in [-0.15, -0.1) is 0 Å². The Balaban J connectivity index is 2.57. The van der Waals surface area contributed by atoms with E-state index in [1.165, 1.54) is 0 Å². The van der Waals surface area contributed by atoms with Crippen LogP contribution in [0.2, 0.25) is 0 Å². The highest BCUT2D eigenvalue weighted by molar-refractivity contribution is 5.71. The fourth-order valence-corrected chi connectivity index (χ4v) is 1.64. The van der Waals surface area contributed by atoms with Crippen LogP contribution >= 0.6 is 0 Å². The number of ether oxygens (including phenoxy) is 1. The molecule has 0 aliphatic carbocycles. The number of rotatable bonds is 3. The zero-order chi connectivity index (χ0) is 9.14. The van der Waals surface area contributed by atoms with E-state index in [1.54, 1.807) is 7.11 Å². The molecule has 4 nitrogen and oxygen atoms in total. The first-order chi connectivity index (χ1) is 5.66. The second-order valence-electron chi connectivity index (χ2n) is 3.21. The third-order valence-corrected chi connectivity index (χ3v) is 2.55. The van der Waals surface area contributed by atoms with Crippen LogP contribution < -0.4 is 5.32 Å². The van der Waals surface area contributed by atoms with Crippen molar-refractivity contribution < 1.29 is 14.6 Å². The lowest BCUT2D eigenvalue weighted by atomic mass is 9.92. The summed E-state index contributed by atoms with van der Waals surface area (Å²) in [5, 5.41) is 11.9. The molecule has 0 saturated carbocycles. The maximum Gasteiger partial charge on any atom is 0.308 e. The van der Waals surface area contributed by atoms with Gasteiger partial charge in [0.25, 0.3) is 0 Å². The largest absolute Gasteiger partial charge is 0.481 e. The summed E-state index contributed by atoms with van der Waals surface area (Å²) in [7, 11) is 1.61. The number of aliphatic carboxylic acids is 1. The number of carboxylic acid groups (broad SMARTS) is 1. The number of carboxylic acids is 1. The molecule has 3 atom stereocenters. The van der Waals surface area contributed by atoms with E-state index in [4.69, 9.17) is 9.84 Å². The monoisotopic (exact) mass is 173 g/mol. The minimum atomic E-state index is -0.728. The Morgan fingerprint density at radius 2 is 2.33 bits per heavy atom. The summed E-state index contributed by atoms with van der Waals surface area (Å²) < 4.78 is 5.11. The molecular formula is C8H15NO3. The molecule has 4 heteroatoms. The van der Waals surface area contributed by atoms with Crippen molar-refractivity contribution in [1.82, 2.24) is 5.32 Å². The SMILES string of the molecule is COC(C)C1CNCC1C(=O)O. The van der Waals surface area contributed by atoms with Gasteiger partial charge in [-0.3, -0.25) is 4.79 Å². The van der Waals surface area contributed by atoms with Gasteiger partial charge in [-0.05, 0) is 6.92 Å². The summed E-state index contributed by atoms with van der Waals surface area (Å²) in [4.78, 5) is 10.7. The van der Waals surface area contributed by atoms with Crippen molar-refractivity contribution in [1.29, 1.82) is 0 Å². The number of nitrogens with one attached hydrogen (secondary N) is 1. The van der Waals surface area contributed by atoms with Gasteiger partial charge in [0.2, 0.25) is 0 Å². The molecule has 0 spiro atoms. The molecular weight excluding hydrogens is 158 g/mol. The van der Waals surface area contributed by atoms with Crippen molar-refractivity contribution in [3.63, 3.8) is 0 Å². The topological polar surface area (TPSA) is 58.6 Å². The van der Waals surface area contributed by atoms with Gasteiger partial charge < -0.3 is 15.2 Å². The van der Waals surface area contributed by atoms with Crippen LogP contribution in [0.4, 0.5) is 0 Å².